The Hall–Kier alpha value is -0.730. The van der Waals surface area contributed by atoms with Crippen LogP contribution in [0, 0.1) is 0 Å². The summed E-state index contributed by atoms with van der Waals surface area (Å²) in [6.07, 6.45) is 7.17. The predicted molar refractivity (Wildman–Crippen MR) is 51.7 cm³/mol. The Kier molecular flexibility index (Phi) is 4.06. The number of methoxy groups -OCH3 is 1. The van der Waals surface area contributed by atoms with Crippen molar-refractivity contribution < 1.29 is 9.53 Å². The van der Waals surface area contributed by atoms with Gasteiger partial charge in [-0.15, -0.1) is 0 Å². The quantitative estimate of drug-likeness (QED) is 0.587. The van der Waals surface area contributed by atoms with E-state index in [9.17, 15) is 4.79 Å². The fourth-order valence-corrected chi connectivity index (χ4v) is 1.94. The fraction of sp³-hybridized carbons (Fsp3) is 0.900. The van der Waals surface area contributed by atoms with E-state index >= 15 is 0 Å². The number of carbonyl (C=O) groups is 1. The van der Waals surface area contributed by atoms with Crippen LogP contribution in [0.2, 0.25) is 0 Å². The van der Waals surface area contributed by atoms with Gasteiger partial charge in [-0.05, 0) is 12.8 Å². The van der Waals surface area contributed by atoms with Gasteiger partial charge in [0, 0.05) is 13.1 Å². The Morgan fingerprint density at radius 2 is 1.77 bits per heavy atom. The number of hydrogen-bond acceptors (Lipinski definition) is 2. The Labute approximate surface area is 80.1 Å². The highest BCUT2D eigenvalue weighted by molar-refractivity contribution is 5.67. The number of amides is 1. The van der Waals surface area contributed by atoms with Crippen molar-refractivity contribution in [2.45, 2.75) is 44.6 Å². The highest BCUT2D eigenvalue weighted by Crippen LogP contribution is 2.21. The third kappa shape index (κ3) is 2.90. The van der Waals surface area contributed by atoms with E-state index < -0.39 is 0 Å². The Balaban J connectivity index is 2.43. The fourth-order valence-electron chi connectivity index (χ4n) is 1.94. The molecule has 0 unspecified atom stereocenters. The molecule has 1 aliphatic carbocycles. The van der Waals surface area contributed by atoms with Crippen LogP contribution in [0.25, 0.3) is 0 Å². The lowest BCUT2D eigenvalue weighted by molar-refractivity contribution is 0.113. The second-order valence-electron chi connectivity index (χ2n) is 3.73. The number of carbonyl (C=O) groups excluding carboxylic acids is 1. The van der Waals surface area contributed by atoms with E-state index in [0.717, 1.165) is 12.8 Å². The largest absolute Gasteiger partial charge is 0.453 e. The first kappa shape index (κ1) is 10.4. The molecule has 3 heteroatoms. The molecule has 0 aliphatic heterocycles. The third-order valence-corrected chi connectivity index (χ3v) is 2.84. The molecule has 0 aromatic rings. The smallest absolute Gasteiger partial charge is 0.409 e. The van der Waals surface area contributed by atoms with E-state index in [0.29, 0.717) is 6.04 Å². The lowest BCUT2D eigenvalue weighted by Crippen LogP contribution is -2.36. The Morgan fingerprint density at radius 3 is 2.23 bits per heavy atom. The molecule has 0 radical (unpaired) electrons. The van der Waals surface area contributed by atoms with Gasteiger partial charge in [0.1, 0.15) is 0 Å². The first-order valence-corrected chi connectivity index (χ1v) is 5.06. The van der Waals surface area contributed by atoms with E-state index in [-0.39, 0.29) is 6.09 Å². The van der Waals surface area contributed by atoms with Crippen LogP contribution in [-0.2, 0) is 4.74 Å². The molecular formula is C10H19NO2. The van der Waals surface area contributed by atoms with Crippen LogP contribution in [0.5, 0.6) is 0 Å². The number of ether oxygens (including phenoxy) is 1. The molecule has 3 nitrogen and oxygen atoms in total. The summed E-state index contributed by atoms with van der Waals surface area (Å²) in [5, 5.41) is 0. The summed E-state index contributed by atoms with van der Waals surface area (Å²) in [5.74, 6) is 0. The highest BCUT2D eigenvalue weighted by atomic mass is 16.5. The van der Waals surface area contributed by atoms with Crippen molar-refractivity contribution in [3.8, 4) is 0 Å². The van der Waals surface area contributed by atoms with Crippen molar-refractivity contribution in [3.63, 3.8) is 0 Å². The first-order valence-electron chi connectivity index (χ1n) is 5.06. The second kappa shape index (κ2) is 5.10. The van der Waals surface area contributed by atoms with Crippen molar-refractivity contribution in [2.75, 3.05) is 14.2 Å². The number of nitrogens with zero attached hydrogens (tertiary/aromatic N) is 1. The standard InChI is InChI=1S/C10H19NO2/c1-11(10(12)13-2)9-7-5-3-4-6-8-9/h9H,3-8H2,1-2H3. The summed E-state index contributed by atoms with van der Waals surface area (Å²) in [5.41, 5.74) is 0. The van der Waals surface area contributed by atoms with Crippen molar-refractivity contribution in [3.05, 3.63) is 0 Å². The normalized spacial score (nSPS) is 19.2. The van der Waals surface area contributed by atoms with Crippen molar-refractivity contribution in [2.24, 2.45) is 0 Å². The van der Waals surface area contributed by atoms with Crippen molar-refractivity contribution >= 4 is 6.09 Å². The Bertz CT molecular complexity index is 162. The third-order valence-electron chi connectivity index (χ3n) is 2.84. The molecule has 1 amide bonds. The van der Waals surface area contributed by atoms with Crippen LogP contribution in [0.4, 0.5) is 4.79 Å². The molecule has 1 aliphatic rings. The molecular weight excluding hydrogens is 166 g/mol. The molecule has 13 heavy (non-hydrogen) atoms. The van der Waals surface area contributed by atoms with Gasteiger partial charge in [-0.25, -0.2) is 4.79 Å². The molecule has 0 heterocycles. The summed E-state index contributed by atoms with van der Waals surface area (Å²) in [6.45, 7) is 0. The molecule has 1 saturated carbocycles. The van der Waals surface area contributed by atoms with Gasteiger partial charge in [-0.1, -0.05) is 25.7 Å². The highest BCUT2D eigenvalue weighted by Gasteiger charge is 2.20. The zero-order valence-corrected chi connectivity index (χ0v) is 8.58. The van der Waals surface area contributed by atoms with Crippen LogP contribution in [0.1, 0.15) is 38.5 Å². The zero-order valence-electron chi connectivity index (χ0n) is 8.58. The van der Waals surface area contributed by atoms with E-state index in [1.54, 1.807) is 4.90 Å². The summed E-state index contributed by atoms with van der Waals surface area (Å²) < 4.78 is 4.69. The zero-order chi connectivity index (χ0) is 9.68. The summed E-state index contributed by atoms with van der Waals surface area (Å²) in [7, 11) is 3.28. The lowest BCUT2D eigenvalue weighted by atomic mass is 10.1. The molecule has 0 N–H and O–H groups in total. The Morgan fingerprint density at radius 1 is 1.23 bits per heavy atom. The van der Waals surface area contributed by atoms with Crippen LogP contribution >= 0.6 is 0 Å². The SMILES string of the molecule is COC(=O)N(C)C1CCCCCC1. The van der Waals surface area contributed by atoms with Gasteiger partial charge in [-0.2, -0.15) is 0 Å². The van der Waals surface area contributed by atoms with Gasteiger partial charge in [0.05, 0.1) is 7.11 Å². The summed E-state index contributed by atoms with van der Waals surface area (Å²) in [6, 6.07) is 0.398. The van der Waals surface area contributed by atoms with E-state index in [4.69, 9.17) is 4.74 Å². The van der Waals surface area contributed by atoms with Gasteiger partial charge < -0.3 is 9.64 Å². The topological polar surface area (TPSA) is 29.5 Å². The molecule has 0 aromatic heterocycles. The number of rotatable bonds is 1. The lowest BCUT2D eigenvalue weighted by Gasteiger charge is -2.25. The van der Waals surface area contributed by atoms with Gasteiger partial charge in [0.15, 0.2) is 0 Å². The van der Waals surface area contributed by atoms with E-state index in [1.165, 1.54) is 32.8 Å². The minimum Gasteiger partial charge on any atom is -0.453 e. The molecule has 0 aromatic carbocycles. The molecule has 76 valence electrons. The van der Waals surface area contributed by atoms with Gasteiger partial charge in [0.25, 0.3) is 0 Å². The predicted octanol–water partition coefficient (Wildman–Crippen LogP) is 2.41. The van der Waals surface area contributed by atoms with Crippen molar-refractivity contribution in [1.82, 2.24) is 4.90 Å². The van der Waals surface area contributed by atoms with E-state index in [1.807, 2.05) is 7.05 Å². The average Bonchev–Trinajstić information content (AvgIpc) is 2.43. The van der Waals surface area contributed by atoms with Crippen LogP contribution in [0.3, 0.4) is 0 Å². The molecule has 0 spiro atoms. The van der Waals surface area contributed by atoms with Gasteiger partial charge >= 0.3 is 6.09 Å². The maximum absolute atomic E-state index is 11.2. The molecule has 1 rings (SSSR count). The van der Waals surface area contributed by atoms with Crippen molar-refractivity contribution in [1.29, 1.82) is 0 Å². The van der Waals surface area contributed by atoms with Crippen LogP contribution in [-0.4, -0.2) is 31.2 Å². The second-order valence-corrected chi connectivity index (χ2v) is 3.73. The summed E-state index contributed by atoms with van der Waals surface area (Å²) >= 11 is 0. The number of hydrogen-bond donors (Lipinski definition) is 0. The maximum atomic E-state index is 11.2. The van der Waals surface area contributed by atoms with E-state index in [2.05, 4.69) is 0 Å². The monoisotopic (exact) mass is 185 g/mol. The van der Waals surface area contributed by atoms with Crippen LogP contribution in [0.15, 0.2) is 0 Å². The molecule has 1 fully saturated rings. The minimum absolute atomic E-state index is 0.202. The molecule has 0 saturated heterocycles. The van der Waals surface area contributed by atoms with Crippen LogP contribution < -0.4 is 0 Å². The van der Waals surface area contributed by atoms with Gasteiger partial charge in [-0.3, -0.25) is 0 Å². The summed E-state index contributed by atoms with van der Waals surface area (Å²) in [4.78, 5) is 13.0. The average molecular weight is 185 g/mol. The molecule has 0 bridgehead atoms. The minimum atomic E-state index is -0.202. The maximum Gasteiger partial charge on any atom is 0.409 e. The first-order chi connectivity index (χ1) is 6.25. The molecule has 0 atom stereocenters. The van der Waals surface area contributed by atoms with Gasteiger partial charge in [0.2, 0.25) is 0 Å².